The van der Waals surface area contributed by atoms with Crippen molar-refractivity contribution in [2.75, 3.05) is 6.54 Å². The number of rotatable bonds is 1. The summed E-state index contributed by atoms with van der Waals surface area (Å²) in [5.41, 5.74) is 0.219. The summed E-state index contributed by atoms with van der Waals surface area (Å²) in [4.78, 5) is 13.7. The molecule has 0 saturated carbocycles. The Bertz CT molecular complexity index is 325. The standard InChI is InChI=1S/C16H30FNO/c1-11(17)18-9-8-12(15(2,3)4)13(10-14(18)19)16(5,6)7/h11-13H,8-10H2,1-7H3. The first kappa shape index (κ1) is 16.5. The largest absolute Gasteiger partial charge is 0.313 e. The lowest BCUT2D eigenvalue weighted by molar-refractivity contribution is -0.137. The summed E-state index contributed by atoms with van der Waals surface area (Å²) in [6.07, 6.45) is 0.192. The Labute approximate surface area is 117 Å². The van der Waals surface area contributed by atoms with Gasteiger partial charge >= 0.3 is 0 Å². The summed E-state index contributed by atoms with van der Waals surface area (Å²) in [5, 5.41) is 0. The monoisotopic (exact) mass is 271 g/mol. The molecule has 0 aromatic carbocycles. The van der Waals surface area contributed by atoms with E-state index in [9.17, 15) is 9.18 Å². The Morgan fingerprint density at radius 3 is 1.95 bits per heavy atom. The van der Waals surface area contributed by atoms with Gasteiger partial charge in [-0.15, -0.1) is 0 Å². The highest BCUT2D eigenvalue weighted by Gasteiger charge is 2.43. The average molecular weight is 271 g/mol. The Balaban J connectivity index is 3.07. The highest BCUT2D eigenvalue weighted by molar-refractivity contribution is 5.77. The molecule has 0 aromatic heterocycles. The van der Waals surface area contributed by atoms with E-state index in [2.05, 4.69) is 41.5 Å². The van der Waals surface area contributed by atoms with Gasteiger partial charge in [-0.2, -0.15) is 0 Å². The van der Waals surface area contributed by atoms with Crippen molar-refractivity contribution in [1.82, 2.24) is 4.90 Å². The van der Waals surface area contributed by atoms with E-state index in [0.29, 0.717) is 24.8 Å². The Hall–Kier alpha value is -0.600. The molecule has 2 nitrogen and oxygen atoms in total. The maximum absolute atomic E-state index is 13.6. The minimum Gasteiger partial charge on any atom is -0.313 e. The van der Waals surface area contributed by atoms with Crippen LogP contribution in [0.15, 0.2) is 0 Å². The SMILES string of the molecule is CC(F)N1CCC(C(C)(C)C)C(C(C)(C)C)CC1=O. The number of carbonyl (C=O) groups excluding carboxylic acids is 1. The summed E-state index contributed by atoms with van der Waals surface area (Å²) in [6.45, 7) is 15.3. The molecule has 0 bridgehead atoms. The van der Waals surface area contributed by atoms with Crippen molar-refractivity contribution in [2.45, 2.75) is 67.6 Å². The lowest BCUT2D eigenvalue weighted by atomic mass is 9.62. The summed E-state index contributed by atoms with van der Waals surface area (Å²) >= 11 is 0. The van der Waals surface area contributed by atoms with Gasteiger partial charge < -0.3 is 4.90 Å². The third kappa shape index (κ3) is 3.93. The van der Waals surface area contributed by atoms with E-state index in [1.165, 1.54) is 11.8 Å². The molecule has 0 aliphatic carbocycles. The van der Waals surface area contributed by atoms with Gasteiger partial charge in [-0.05, 0) is 36.0 Å². The van der Waals surface area contributed by atoms with Crippen LogP contribution in [-0.4, -0.2) is 23.6 Å². The van der Waals surface area contributed by atoms with Crippen LogP contribution in [-0.2, 0) is 4.79 Å². The second-order valence-electron chi connectivity index (χ2n) is 8.10. The second-order valence-corrected chi connectivity index (χ2v) is 8.10. The van der Waals surface area contributed by atoms with Crippen LogP contribution < -0.4 is 0 Å². The van der Waals surface area contributed by atoms with Crippen molar-refractivity contribution in [2.24, 2.45) is 22.7 Å². The summed E-state index contributed by atoms with van der Waals surface area (Å²) in [6, 6.07) is 0. The summed E-state index contributed by atoms with van der Waals surface area (Å²) in [5.74, 6) is 0.727. The minimum absolute atomic E-state index is 0.0262. The van der Waals surface area contributed by atoms with Crippen LogP contribution in [0.1, 0.15) is 61.3 Å². The van der Waals surface area contributed by atoms with Crippen molar-refractivity contribution < 1.29 is 9.18 Å². The Kier molecular flexibility index (Phi) is 4.69. The fraction of sp³-hybridized carbons (Fsp3) is 0.938. The molecule has 1 aliphatic rings. The van der Waals surface area contributed by atoms with Gasteiger partial charge in [-0.25, -0.2) is 4.39 Å². The lowest BCUT2D eigenvalue weighted by Gasteiger charge is -2.42. The lowest BCUT2D eigenvalue weighted by Crippen LogP contribution is -2.37. The quantitative estimate of drug-likeness (QED) is 0.653. The summed E-state index contributed by atoms with van der Waals surface area (Å²) in [7, 11) is 0. The van der Waals surface area contributed by atoms with Crippen molar-refractivity contribution in [1.29, 1.82) is 0 Å². The van der Waals surface area contributed by atoms with E-state index in [1.807, 2.05) is 0 Å². The van der Waals surface area contributed by atoms with Crippen molar-refractivity contribution in [3.8, 4) is 0 Å². The molecule has 3 unspecified atom stereocenters. The number of halogens is 1. The topological polar surface area (TPSA) is 20.3 Å². The normalized spacial score (nSPS) is 28.2. The molecule has 1 fully saturated rings. The van der Waals surface area contributed by atoms with Crippen LogP contribution in [0.25, 0.3) is 0 Å². The molecular formula is C16H30FNO. The number of nitrogens with zero attached hydrogens (tertiary/aromatic N) is 1. The smallest absolute Gasteiger partial charge is 0.225 e. The van der Waals surface area contributed by atoms with Gasteiger partial charge in [0.1, 0.15) is 0 Å². The van der Waals surface area contributed by atoms with Crippen LogP contribution in [0, 0.1) is 22.7 Å². The zero-order valence-electron chi connectivity index (χ0n) is 13.6. The second kappa shape index (κ2) is 5.41. The van der Waals surface area contributed by atoms with Crippen LogP contribution in [0.4, 0.5) is 4.39 Å². The molecule has 0 aromatic rings. The maximum atomic E-state index is 13.6. The van der Waals surface area contributed by atoms with E-state index >= 15 is 0 Å². The van der Waals surface area contributed by atoms with Crippen LogP contribution >= 0.6 is 0 Å². The zero-order valence-corrected chi connectivity index (χ0v) is 13.6. The maximum Gasteiger partial charge on any atom is 0.225 e. The number of alkyl halides is 1. The fourth-order valence-electron chi connectivity index (χ4n) is 3.37. The molecule has 19 heavy (non-hydrogen) atoms. The first-order valence-electron chi connectivity index (χ1n) is 7.38. The highest BCUT2D eigenvalue weighted by atomic mass is 19.1. The van der Waals surface area contributed by atoms with Crippen LogP contribution in [0.2, 0.25) is 0 Å². The van der Waals surface area contributed by atoms with E-state index in [1.54, 1.807) is 0 Å². The van der Waals surface area contributed by atoms with E-state index in [4.69, 9.17) is 0 Å². The van der Waals surface area contributed by atoms with E-state index in [-0.39, 0.29) is 16.7 Å². The van der Waals surface area contributed by atoms with E-state index in [0.717, 1.165) is 6.42 Å². The molecule has 3 heteroatoms. The molecule has 1 aliphatic heterocycles. The third-order valence-electron chi connectivity index (χ3n) is 4.54. The highest BCUT2D eigenvalue weighted by Crippen LogP contribution is 2.46. The molecule has 1 saturated heterocycles. The number of hydrogen-bond acceptors (Lipinski definition) is 1. The van der Waals surface area contributed by atoms with Gasteiger partial charge in [-0.3, -0.25) is 4.79 Å². The molecule has 1 rings (SSSR count). The third-order valence-corrected chi connectivity index (χ3v) is 4.54. The molecule has 0 radical (unpaired) electrons. The average Bonchev–Trinajstić information content (AvgIpc) is 2.34. The molecule has 3 atom stereocenters. The van der Waals surface area contributed by atoms with Crippen molar-refractivity contribution in [3.63, 3.8) is 0 Å². The first-order valence-corrected chi connectivity index (χ1v) is 7.38. The predicted molar refractivity (Wildman–Crippen MR) is 77.4 cm³/mol. The minimum atomic E-state index is -1.17. The Morgan fingerprint density at radius 2 is 1.58 bits per heavy atom. The van der Waals surface area contributed by atoms with Gasteiger partial charge in [-0.1, -0.05) is 41.5 Å². The molecule has 112 valence electrons. The van der Waals surface area contributed by atoms with Crippen LogP contribution in [0.3, 0.4) is 0 Å². The number of carbonyl (C=O) groups is 1. The molecule has 1 amide bonds. The van der Waals surface area contributed by atoms with Crippen molar-refractivity contribution >= 4 is 5.91 Å². The molecular weight excluding hydrogens is 241 g/mol. The van der Waals surface area contributed by atoms with Crippen molar-refractivity contribution in [3.05, 3.63) is 0 Å². The van der Waals surface area contributed by atoms with Gasteiger partial charge in [0.2, 0.25) is 5.91 Å². The van der Waals surface area contributed by atoms with Crippen LogP contribution in [0.5, 0.6) is 0 Å². The molecule has 0 N–H and O–H groups in total. The number of likely N-dealkylation sites (tertiary alicyclic amines) is 1. The molecule has 1 heterocycles. The number of amides is 1. The van der Waals surface area contributed by atoms with Gasteiger partial charge in [0.15, 0.2) is 6.30 Å². The zero-order chi connectivity index (χ0) is 15.0. The Morgan fingerprint density at radius 1 is 1.11 bits per heavy atom. The van der Waals surface area contributed by atoms with E-state index < -0.39 is 6.30 Å². The fourth-order valence-corrected chi connectivity index (χ4v) is 3.37. The summed E-state index contributed by atoms with van der Waals surface area (Å²) < 4.78 is 13.6. The number of hydrogen-bond donors (Lipinski definition) is 0. The first-order chi connectivity index (χ1) is 8.44. The predicted octanol–water partition coefficient (Wildman–Crippen LogP) is 4.25. The van der Waals surface area contributed by atoms with Gasteiger partial charge in [0.05, 0.1) is 0 Å². The van der Waals surface area contributed by atoms with Gasteiger partial charge in [0, 0.05) is 13.0 Å². The van der Waals surface area contributed by atoms with Gasteiger partial charge in [0.25, 0.3) is 0 Å². The molecule has 0 spiro atoms.